The van der Waals surface area contributed by atoms with Crippen LogP contribution < -0.4 is 4.74 Å². The first kappa shape index (κ1) is 14.1. The molecule has 5 heteroatoms. The van der Waals surface area contributed by atoms with Crippen molar-refractivity contribution in [1.82, 2.24) is 19.1 Å². The highest BCUT2D eigenvalue weighted by molar-refractivity contribution is 5.56. The second-order valence-electron chi connectivity index (χ2n) is 6.33. The Kier molecular flexibility index (Phi) is 3.22. The van der Waals surface area contributed by atoms with E-state index in [4.69, 9.17) is 4.74 Å². The summed E-state index contributed by atoms with van der Waals surface area (Å²) in [6.45, 7) is 6.39. The molecule has 1 aromatic carbocycles. The number of ether oxygens (including phenoxy) is 1. The van der Waals surface area contributed by atoms with Gasteiger partial charge in [-0.3, -0.25) is 4.57 Å². The van der Waals surface area contributed by atoms with Gasteiger partial charge in [-0.15, -0.1) is 0 Å². The Morgan fingerprint density at radius 3 is 3.00 bits per heavy atom. The zero-order chi connectivity index (χ0) is 16.0. The van der Waals surface area contributed by atoms with Crippen molar-refractivity contribution in [2.45, 2.75) is 39.3 Å². The maximum Gasteiger partial charge on any atom is 0.162 e. The third-order valence-electron chi connectivity index (χ3n) is 4.25. The molecule has 1 aliphatic rings. The van der Waals surface area contributed by atoms with E-state index in [-0.39, 0.29) is 6.10 Å². The van der Waals surface area contributed by atoms with Crippen LogP contribution in [0.2, 0.25) is 0 Å². The van der Waals surface area contributed by atoms with Crippen LogP contribution in [0.3, 0.4) is 0 Å². The van der Waals surface area contributed by atoms with E-state index in [1.807, 2.05) is 24.9 Å². The SMILES string of the molecule is CC1Cc2cc(-n3ccnc3-c3cncn3C(C)C)ccc2O1. The minimum Gasteiger partial charge on any atom is -0.490 e. The van der Waals surface area contributed by atoms with Crippen molar-refractivity contribution in [3.8, 4) is 23.0 Å². The van der Waals surface area contributed by atoms with E-state index < -0.39 is 0 Å². The smallest absolute Gasteiger partial charge is 0.162 e. The van der Waals surface area contributed by atoms with Gasteiger partial charge in [0, 0.05) is 30.5 Å². The lowest BCUT2D eigenvalue weighted by Crippen LogP contribution is -2.05. The topological polar surface area (TPSA) is 44.9 Å². The highest BCUT2D eigenvalue weighted by Crippen LogP contribution is 2.32. The van der Waals surface area contributed by atoms with Gasteiger partial charge in [-0.2, -0.15) is 0 Å². The Morgan fingerprint density at radius 1 is 1.30 bits per heavy atom. The number of aromatic nitrogens is 4. The molecular formula is C18H20N4O. The molecule has 0 spiro atoms. The fraction of sp³-hybridized carbons (Fsp3) is 0.333. The molecule has 3 heterocycles. The average Bonchev–Trinajstić information content (AvgIpc) is 3.23. The zero-order valence-electron chi connectivity index (χ0n) is 13.6. The first-order valence-corrected chi connectivity index (χ1v) is 7.99. The molecule has 0 aliphatic carbocycles. The zero-order valence-corrected chi connectivity index (χ0v) is 13.6. The van der Waals surface area contributed by atoms with Crippen LogP contribution in [0.15, 0.2) is 43.1 Å². The molecule has 1 unspecified atom stereocenters. The summed E-state index contributed by atoms with van der Waals surface area (Å²) in [5.41, 5.74) is 3.38. The maximum atomic E-state index is 5.79. The lowest BCUT2D eigenvalue weighted by molar-refractivity contribution is 0.254. The summed E-state index contributed by atoms with van der Waals surface area (Å²) in [5, 5.41) is 0. The van der Waals surface area contributed by atoms with Crippen LogP contribution in [0.1, 0.15) is 32.4 Å². The van der Waals surface area contributed by atoms with Gasteiger partial charge in [0.2, 0.25) is 0 Å². The molecule has 0 bridgehead atoms. The predicted molar refractivity (Wildman–Crippen MR) is 89.0 cm³/mol. The van der Waals surface area contributed by atoms with Crippen molar-refractivity contribution in [3.05, 3.63) is 48.7 Å². The number of hydrogen-bond acceptors (Lipinski definition) is 3. The molecule has 0 amide bonds. The minimum atomic E-state index is 0.255. The van der Waals surface area contributed by atoms with Crippen LogP contribution >= 0.6 is 0 Å². The van der Waals surface area contributed by atoms with E-state index >= 15 is 0 Å². The Bertz CT molecular complexity index is 846. The molecule has 3 aromatic rings. The van der Waals surface area contributed by atoms with Gasteiger partial charge in [0.15, 0.2) is 5.82 Å². The van der Waals surface area contributed by atoms with Gasteiger partial charge in [-0.25, -0.2) is 9.97 Å². The Morgan fingerprint density at radius 2 is 2.17 bits per heavy atom. The number of nitrogens with zero attached hydrogens (tertiary/aromatic N) is 4. The molecule has 2 aromatic heterocycles. The molecule has 4 rings (SSSR count). The fourth-order valence-corrected chi connectivity index (χ4v) is 3.15. The normalized spacial score (nSPS) is 16.6. The van der Waals surface area contributed by atoms with Crippen molar-refractivity contribution in [2.75, 3.05) is 0 Å². The van der Waals surface area contributed by atoms with Gasteiger partial charge < -0.3 is 9.30 Å². The van der Waals surface area contributed by atoms with Crippen molar-refractivity contribution >= 4 is 0 Å². The third kappa shape index (κ3) is 2.32. The second kappa shape index (κ2) is 5.26. The molecular weight excluding hydrogens is 288 g/mol. The van der Waals surface area contributed by atoms with Gasteiger partial charge in [-0.1, -0.05) is 0 Å². The summed E-state index contributed by atoms with van der Waals surface area (Å²) in [4.78, 5) is 8.85. The number of imidazole rings is 2. The van der Waals surface area contributed by atoms with Crippen molar-refractivity contribution in [1.29, 1.82) is 0 Å². The predicted octanol–water partition coefficient (Wildman–Crippen LogP) is 3.64. The molecule has 0 fully saturated rings. The van der Waals surface area contributed by atoms with Crippen molar-refractivity contribution in [2.24, 2.45) is 0 Å². The Balaban J connectivity index is 1.79. The highest BCUT2D eigenvalue weighted by Gasteiger charge is 2.20. The summed E-state index contributed by atoms with van der Waals surface area (Å²) in [6, 6.07) is 6.67. The van der Waals surface area contributed by atoms with Gasteiger partial charge in [0.05, 0.1) is 12.5 Å². The average molecular weight is 308 g/mol. The first-order chi connectivity index (χ1) is 11.1. The summed E-state index contributed by atoms with van der Waals surface area (Å²) >= 11 is 0. The molecule has 5 nitrogen and oxygen atoms in total. The summed E-state index contributed by atoms with van der Waals surface area (Å²) < 4.78 is 10.0. The molecule has 0 N–H and O–H groups in total. The van der Waals surface area contributed by atoms with Crippen LogP contribution in [0.5, 0.6) is 5.75 Å². The largest absolute Gasteiger partial charge is 0.490 e. The molecule has 1 aliphatic heterocycles. The lowest BCUT2D eigenvalue weighted by Gasteiger charge is -2.13. The Hall–Kier alpha value is -2.56. The summed E-state index contributed by atoms with van der Waals surface area (Å²) in [7, 11) is 0. The van der Waals surface area contributed by atoms with E-state index in [1.54, 1.807) is 0 Å². The van der Waals surface area contributed by atoms with E-state index in [1.165, 1.54) is 5.56 Å². The van der Waals surface area contributed by atoms with E-state index in [0.29, 0.717) is 6.04 Å². The lowest BCUT2D eigenvalue weighted by atomic mass is 10.1. The number of benzene rings is 1. The van der Waals surface area contributed by atoms with Crippen molar-refractivity contribution < 1.29 is 4.74 Å². The Labute approximate surface area is 135 Å². The minimum absolute atomic E-state index is 0.255. The highest BCUT2D eigenvalue weighted by atomic mass is 16.5. The van der Waals surface area contributed by atoms with Gasteiger partial charge >= 0.3 is 0 Å². The van der Waals surface area contributed by atoms with Crippen LogP contribution in [0.4, 0.5) is 0 Å². The maximum absolute atomic E-state index is 5.79. The van der Waals surface area contributed by atoms with Crippen LogP contribution in [0.25, 0.3) is 17.2 Å². The van der Waals surface area contributed by atoms with E-state index in [2.05, 4.69) is 58.1 Å². The van der Waals surface area contributed by atoms with E-state index in [9.17, 15) is 0 Å². The first-order valence-electron chi connectivity index (χ1n) is 7.99. The molecule has 0 saturated heterocycles. The van der Waals surface area contributed by atoms with E-state index in [0.717, 1.165) is 29.4 Å². The number of rotatable bonds is 3. The summed E-state index contributed by atoms with van der Waals surface area (Å²) in [6.07, 6.45) is 8.77. The van der Waals surface area contributed by atoms with Gasteiger partial charge in [0.25, 0.3) is 0 Å². The monoisotopic (exact) mass is 308 g/mol. The molecule has 23 heavy (non-hydrogen) atoms. The molecule has 0 radical (unpaired) electrons. The summed E-state index contributed by atoms with van der Waals surface area (Å²) in [5.74, 6) is 1.90. The molecule has 118 valence electrons. The number of hydrogen-bond donors (Lipinski definition) is 0. The number of fused-ring (bicyclic) bond motifs is 1. The van der Waals surface area contributed by atoms with Crippen LogP contribution in [0, 0.1) is 0 Å². The standard InChI is InChI=1S/C18H20N4O/c1-12(2)22-11-19-10-16(22)18-20-6-7-21(18)15-4-5-17-14(9-15)8-13(3)23-17/h4-7,9-13H,8H2,1-3H3. The van der Waals surface area contributed by atoms with Crippen molar-refractivity contribution in [3.63, 3.8) is 0 Å². The van der Waals surface area contributed by atoms with Crippen LogP contribution in [-0.4, -0.2) is 25.2 Å². The van der Waals surface area contributed by atoms with Gasteiger partial charge in [-0.05, 0) is 44.5 Å². The van der Waals surface area contributed by atoms with Crippen LogP contribution in [-0.2, 0) is 6.42 Å². The third-order valence-corrected chi connectivity index (χ3v) is 4.25. The molecule has 0 saturated carbocycles. The fourth-order valence-electron chi connectivity index (χ4n) is 3.15. The quantitative estimate of drug-likeness (QED) is 0.742. The second-order valence-corrected chi connectivity index (χ2v) is 6.33. The van der Waals surface area contributed by atoms with Gasteiger partial charge in [0.1, 0.15) is 17.5 Å². The molecule has 1 atom stereocenters.